The molecule has 0 N–H and O–H groups in total. The average molecular weight is 326 g/mol. The molecule has 1 nitrogen and oxygen atoms in total. The molecule has 0 aliphatic heterocycles. The van der Waals surface area contributed by atoms with E-state index >= 15 is 0 Å². The molecule has 1 unspecified atom stereocenters. The normalized spacial score (nSPS) is 12.6. The van der Waals surface area contributed by atoms with Gasteiger partial charge in [0.15, 0.2) is 0 Å². The molecule has 1 rings (SSSR count). The summed E-state index contributed by atoms with van der Waals surface area (Å²) in [4.78, 5) is 0. The van der Waals surface area contributed by atoms with E-state index in [0.29, 0.717) is 22.7 Å². The van der Waals surface area contributed by atoms with E-state index in [1.54, 1.807) is 12.1 Å². The number of alkyl halides is 1. The van der Waals surface area contributed by atoms with E-state index < -0.39 is 0 Å². The first kappa shape index (κ1) is 12.0. The quantitative estimate of drug-likeness (QED) is 0.760. The predicted octanol–water partition coefficient (Wildman–Crippen LogP) is 4.00. The van der Waals surface area contributed by atoms with Crippen molar-refractivity contribution in [3.05, 3.63) is 28.5 Å². The first-order valence-corrected chi connectivity index (χ1v) is 6.18. The molecule has 1 aromatic rings. The number of ether oxygens (including phenoxy) is 1. The zero-order valence-corrected chi connectivity index (χ0v) is 10.9. The minimum absolute atomic E-state index is 0.297. The van der Waals surface area contributed by atoms with Crippen LogP contribution in [-0.2, 0) is 0 Å². The van der Waals surface area contributed by atoms with Gasteiger partial charge in [0.05, 0.1) is 11.1 Å². The lowest BCUT2D eigenvalue weighted by atomic mass is 10.2. The molecule has 1 aromatic carbocycles. The van der Waals surface area contributed by atoms with E-state index in [0.717, 1.165) is 5.33 Å². The Balaban J connectivity index is 2.55. The van der Waals surface area contributed by atoms with Gasteiger partial charge in [-0.15, -0.1) is 0 Å². The fraction of sp³-hybridized carbons (Fsp3) is 0.400. The summed E-state index contributed by atoms with van der Waals surface area (Å²) in [5.41, 5.74) is 0. The van der Waals surface area contributed by atoms with Crippen molar-refractivity contribution in [2.24, 2.45) is 5.92 Å². The number of benzene rings is 1. The summed E-state index contributed by atoms with van der Waals surface area (Å²) in [6.07, 6.45) is 0. The summed E-state index contributed by atoms with van der Waals surface area (Å²) < 4.78 is 18.9. The first-order chi connectivity index (χ1) is 6.63. The highest BCUT2D eigenvalue weighted by Gasteiger charge is 2.03. The summed E-state index contributed by atoms with van der Waals surface area (Å²) >= 11 is 6.44. The Labute approximate surface area is 99.9 Å². The van der Waals surface area contributed by atoms with Gasteiger partial charge in [0.25, 0.3) is 0 Å². The number of rotatable bonds is 4. The fourth-order valence-electron chi connectivity index (χ4n) is 0.850. The largest absolute Gasteiger partial charge is 0.493 e. The Bertz CT molecular complexity index is 304. The third-order valence-electron chi connectivity index (χ3n) is 1.69. The third kappa shape index (κ3) is 3.58. The maximum atomic E-state index is 13.0. The molecule has 78 valence electrons. The van der Waals surface area contributed by atoms with Gasteiger partial charge in [0.2, 0.25) is 0 Å². The lowest BCUT2D eigenvalue weighted by molar-refractivity contribution is 0.273. The molecule has 0 aromatic heterocycles. The molecule has 0 bridgehead atoms. The van der Waals surface area contributed by atoms with Gasteiger partial charge in [-0.05, 0) is 34.0 Å². The van der Waals surface area contributed by atoms with E-state index in [1.165, 1.54) is 6.07 Å². The standard InChI is InChI=1S/C10H11Br2FO/c1-7(5-11)6-14-8-2-3-9(12)10(13)4-8/h2-4,7H,5-6H2,1H3. The Morgan fingerprint density at radius 3 is 2.79 bits per heavy atom. The molecule has 0 spiro atoms. The Morgan fingerprint density at radius 2 is 2.21 bits per heavy atom. The van der Waals surface area contributed by atoms with Gasteiger partial charge in [0.1, 0.15) is 11.6 Å². The number of halogens is 3. The van der Waals surface area contributed by atoms with E-state index in [1.807, 2.05) is 0 Å². The fourth-order valence-corrected chi connectivity index (χ4v) is 1.28. The van der Waals surface area contributed by atoms with Crippen molar-refractivity contribution in [2.75, 3.05) is 11.9 Å². The van der Waals surface area contributed by atoms with Gasteiger partial charge in [0, 0.05) is 11.4 Å². The molecule has 0 aliphatic rings. The van der Waals surface area contributed by atoms with Crippen LogP contribution in [0.2, 0.25) is 0 Å². The smallest absolute Gasteiger partial charge is 0.141 e. The second kappa shape index (κ2) is 5.71. The molecule has 0 aliphatic carbocycles. The van der Waals surface area contributed by atoms with Gasteiger partial charge < -0.3 is 4.74 Å². The zero-order valence-electron chi connectivity index (χ0n) is 7.77. The second-order valence-corrected chi connectivity index (χ2v) is 4.65. The van der Waals surface area contributed by atoms with Crippen molar-refractivity contribution < 1.29 is 9.13 Å². The van der Waals surface area contributed by atoms with Gasteiger partial charge in [-0.2, -0.15) is 0 Å². The molecule has 0 heterocycles. The van der Waals surface area contributed by atoms with Crippen molar-refractivity contribution in [3.63, 3.8) is 0 Å². The van der Waals surface area contributed by atoms with Crippen molar-refractivity contribution in [1.29, 1.82) is 0 Å². The van der Waals surface area contributed by atoms with Crippen LogP contribution in [0.25, 0.3) is 0 Å². The summed E-state index contributed by atoms with van der Waals surface area (Å²) in [7, 11) is 0. The van der Waals surface area contributed by atoms with Crippen LogP contribution in [0.5, 0.6) is 5.75 Å². The summed E-state index contributed by atoms with van der Waals surface area (Å²) in [5, 5.41) is 0.881. The molecule has 0 amide bonds. The molecule has 0 saturated heterocycles. The van der Waals surface area contributed by atoms with Gasteiger partial charge >= 0.3 is 0 Å². The molecule has 0 radical (unpaired) electrons. The average Bonchev–Trinajstić information content (AvgIpc) is 2.19. The van der Waals surface area contributed by atoms with E-state index in [2.05, 4.69) is 38.8 Å². The van der Waals surface area contributed by atoms with Crippen molar-refractivity contribution in [1.82, 2.24) is 0 Å². The van der Waals surface area contributed by atoms with Gasteiger partial charge in [-0.25, -0.2) is 4.39 Å². The van der Waals surface area contributed by atoms with Crippen molar-refractivity contribution in [3.8, 4) is 5.75 Å². The van der Waals surface area contributed by atoms with Crippen LogP contribution in [0.4, 0.5) is 4.39 Å². The van der Waals surface area contributed by atoms with Crippen LogP contribution in [0.3, 0.4) is 0 Å². The number of hydrogen-bond donors (Lipinski definition) is 0. The van der Waals surface area contributed by atoms with Crippen molar-refractivity contribution >= 4 is 31.9 Å². The Morgan fingerprint density at radius 1 is 1.50 bits per heavy atom. The monoisotopic (exact) mass is 324 g/mol. The molecular formula is C10H11Br2FO. The molecular weight excluding hydrogens is 315 g/mol. The van der Waals surface area contributed by atoms with Gasteiger partial charge in [-0.1, -0.05) is 22.9 Å². The summed E-state index contributed by atoms with van der Waals surface area (Å²) in [6.45, 7) is 2.65. The SMILES string of the molecule is CC(CBr)COc1ccc(Br)c(F)c1. The zero-order chi connectivity index (χ0) is 10.6. The molecule has 0 fully saturated rings. The van der Waals surface area contributed by atoms with Crippen molar-refractivity contribution in [2.45, 2.75) is 6.92 Å². The van der Waals surface area contributed by atoms with Gasteiger partial charge in [-0.3, -0.25) is 0 Å². The molecule has 4 heteroatoms. The van der Waals surface area contributed by atoms with Crippen LogP contribution in [0.15, 0.2) is 22.7 Å². The van der Waals surface area contributed by atoms with E-state index in [4.69, 9.17) is 4.74 Å². The highest BCUT2D eigenvalue weighted by atomic mass is 79.9. The molecule has 0 saturated carbocycles. The maximum absolute atomic E-state index is 13.0. The first-order valence-electron chi connectivity index (χ1n) is 4.27. The lowest BCUT2D eigenvalue weighted by Gasteiger charge is -2.10. The molecule has 14 heavy (non-hydrogen) atoms. The number of hydrogen-bond acceptors (Lipinski definition) is 1. The summed E-state index contributed by atoms with van der Waals surface area (Å²) in [6, 6.07) is 4.77. The van der Waals surface area contributed by atoms with E-state index in [9.17, 15) is 4.39 Å². The minimum Gasteiger partial charge on any atom is -0.493 e. The summed E-state index contributed by atoms with van der Waals surface area (Å²) in [5.74, 6) is 0.689. The van der Waals surface area contributed by atoms with Crippen LogP contribution < -0.4 is 4.74 Å². The molecule has 1 atom stereocenters. The van der Waals surface area contributed by atoms with Crippen LogP contribution in [-0.4, -0.2) is 11.9 Å². The topological polar surface area (TPSA) is 9.23 Å². The van der Waals surface area contributed by atoms with Crippen LogP contribution in [0.1, 0.15) is 6.92 Å². The lowest BCUT2D eigenvalue weighted by Crippen LogP contribution is -2.09. The predicted molar refractivity (Wildman–Crippen MR) is 62.6 cm³/mol. The minimum atomic E-state index is -0.297. The maximum Gasteiger partial charge on any atom is 0.141 e. The second-order valence-electron chi connectivity index (χ2n) is 3.15. The van der Waals surface area contributed by atoms with Crippen LogP contribution >= 0.6 is 31.9 Å². The van der Waals surface area contributed by atoms with E-state index in [-0.39, 0.29) is 5.82 Å². The Kier molecular flexibility index (Phi) is 4.89. The van der Waals surface area contributed by atoms with Crippen LogP contribution in [0, 0.1) is 11.7 Å². The third-order valence-corrected chi connectivity index (χ3v) is 3.44. The Hall–Kier alpha value is -0.0900. The highest BCUT2D eigenvalue weighted by Crippen LogP contribution is 2.21. The highest BCUT2D eigenvalue weighted by molar-refractivity contribution is 9.10.